The summed E-state index contributed by atoms with van der Waals surface area (Å²) in [6.07, 6.45) is 1.77. The number of aryl methyl sites for hydroxylation is 1. The molecule has 3 N–H and O–H groups in total. The van der Waals surface area contributed by atoms with Crippen LogP contribution in [0, 0.1) is 5.82 Å². The van der Waals surface area contributed by atoms with E-state index in [1.165, 1.54) is 6.07 Å². The van der Waals surface area contributed by atoms with Gasteiger partial charge in [-0.25, -0.2) is 4.39 Å². The Morgan fingerprint density at radius 1 is 1.35 bits per heavy atom. The maximum absolute atomic E-state index is 14.0. The first-order valence-corrected chi connectivity index (χ1v) is 7.17. The number of nitrogens with zero attached hydrogens (tertiary/aromatic N) is 3. The number of anilines is 2. The lowest BCUT2D eigenvalue weighted by molar-refractivity contribution is 0.0997. The maximum Gasteiger partial charge on any atom is 0.253 e. The molecular formula is C14H10Cl2FN5O. The number of primary amides is 1. The molecule has 6 nitrogen and oxygen atoms in total. The SMILES string of the molecule is Cn1ccc2c(Nc3cc(Cl)cc(F)c3C(N)=O)nc(Cl)nc21. The third kappa shape index (κ3) is 2.80. The van der Waals surface area contributed by atoms with Gasteiger partial charge in [0.25, 0.3) is 5.91 Å². The van der Waals surface area contributed by atoms with Crippen molar-refractivity contribution >= 4 is 51.6 Å². The van der Waals surface area contributed by atoms with E-state index in [4.69, 9.17) is 28.9 Å². The number of halogens is 3. The van der Waals surface area contributed by atoms with Crippen LogP contribution in [-0.2, 0) is 7.05 Å². The number of carbonyl (C=O) groups excluding carboxylic acids is 1. The Bertz CT molecular complexity index is 941. The van der Waals surface area contributed by atoms with Gasteiger partial charge in [-0.1, -0.05) is 11.6 Å². The van der Waals surface area contributed by atoms with Gasteiger partial charge in [-0.3, -0.25) is 4.79 Å². The highest BCUT2D eigenvalue weighted by atomic mass is 35.5. The van der Waals surface area contributed by atoms with Crippen molar-refractivity contribution in [2.75, 3.05) is 5.32 Å². The predicted octanol–water partition coefficient (Wildman–Crippen LogP) is 3.26. The van der Waals surface area contributed by atoms with E-state index in [0.29, 0.717) is 16.9 Å². The fourth-order valence-corrected chi connectivity index (χ4v) is 2.63. The van der Waals surface area contributed by atoms with E-state index < -0.39 is 11.7 Å². The molecule has 1 aromatic carbocycles. The van der Waals surface area contributed by atoms with Crippen molar-refractivity contribution in [2.24, 2.45) is 12.8 Å². The van der Waals surface area contributed by atoms with Crippen molar-refractivity contribution in [3.8, 4) is 0 Å². The van der Waals surface area contributed by atoms with Crippen molar-refractivity contribution in [2.45, 2.75) is 0 Å². The zero-order valence-corrected chi connectivity index (χ0v) is 13.3. The summed E-state index contributed by atoms with van der Waals surface area (Å²) in [7, 11) is 1.79. The minimum Gasteiger partial charge on any atom is -0.365 e. The van der Waals surface area contributed by atoms with E-state index in [1.807, 2.05) is 0 Å². The number of hydrogen-bond donors (Lipinski definition) is 2. The molecule has 0 atom stereocenters. The number of aromatic nitrogens is 3. The van der Waals surface area contributed by atoms with Crippen LogP contribution >= 0.6 is 23.2 Å². The topological polar surface area (TPSA) is 85.8 Å². The highest BCUT2D eigenvalue weighted by Gasteiger charge is 2.18. The van der Waals surface area contributed by atoms with E-state index in [-0.39, 0.29) is 21.6 Å². The number of hydrogen-bond acceptors (Lipinski definition) is 4. The van der Waals surface area contributed by atoms with Crippen molar-refractivity contribution < 1.29 is 9.18 Å². The Morgan fingerprint density at radius 2 is 2.09 bits per heavy atom. The minimum atomic E-state index is -0.925. The molecule has 23 heavy (non-hydrogen) atoms. The number of nitrogens with two attached hydrogens (primary N) is 1. The molecule has 118 valence electrons. The normalized spacial score (nSPS) is 11.0. The number of rotatable bonds is 3. The van der Waals surface area contributed by atoms with Gasteiger partial charge in [0, 0.05) is 18.3 Å². The molecule has 0 aliphatic carbocycles. The molecule has 9 heteroatoms. The van der Waals surface area contributed by atoms with Gasteiger partial charge in [-0.15, -0.1) is 0 Å². The number of fused-ring (bicyclic) bond motifs is 1. The van der Waals surface area contributed by atoms with Crippen molar-refractivity contribution in [1.82, 2.24) is 14.5 Å². The van der Waals surface area contributed by atoms with E-state index in [1.54, 1.807) is 23.9 Å². The Morgan fingerprint density at radius 3 is 2.78 bits per heavy atom. The predicted molar refractivity (Wildman–Crippen MR) is 86.7 cm³/mol. The number of amides is 1. The fourth-order valence-electron chi connectivity index (χ4n) is 2.26. The lowest BCUT2D eigenvalue weighted by atomic mass is 10.1. The van der Waals surface area contributed by atoms with Crippen LogP contribution in [0.25, 0.3) is 11.0 Å². The molecule has 0 saturated carbocycles. The van der Waals surface area contributed by atoms with E-state index in [2.05, 4.69) is 15.3 Å². The van der Waals surface area contributed by atoms with Crippen LogP contribution in [0.3, 0.4) is 0 Å². The van der Waals surface area contributed by atoms with Gasteiger partial charge in [-0.05, 0) is 29.8 Å². The van der Waals surface area contributed by atoms with Crippen LogP contribution in [0.15, 0.2) is 24.4 Å². The molecule has 0 aliphatic rings. The molecule has 0 bridgehead atoms. The lowest BCUT2D eigenvalue weighted by Gasteiger charge is -2.12. The smallest absolute Gasteiger partial charge is 0.253 e. The average Bonchev–Trinajstić information content (AvgIpc) is 2.79. The zero-order chi connectivity index (χ0) is 16.7. The molecule has 0 fully saturated rings. The van der Waals surface area contributed by atoms with Gasteiger partial charge >= 0.3 is 0 Å². The van der Waals surface area contributed by atoms with Gasteiger partial charge in [0.05, 0.1) is 16.6 Å². The first-order chi connectivity index (χ1) is 10.9. The summed E-state index contributed by atoms with van der Waals surface area (Å²) >= 11 is 11.8. The summed E-state index contributed by atoms with van der Waals surface area (Å²) < 4.78 is 15.7. The highest BCUT2D eigenvalue weighted by molar-refractivity contribution is 6.31. The van der Waals surface area contributed by atoms with E-state index in [0.717, 1.165) is 6.07 Å². The van der Waals surface area contributed by atoms with Crippen molar-refractivity contribution in [1.29, 1.82) is 0 Å². The summed E-state index contributed by atoms with van der Waals surface area (Å²) in [5, 5.41) is 3.62. The van der Waals surface area contributed by atoms with Gasteiger partial charge in [-0.2, -0.15) is 9.97 Å². The van der Waals surface area contributed by atoms with Crippen LogP contribution in [-0.4, -0.2) is 20.4 Å². The Hall–Kier alpha value is -2.38. The molecule has 1 amide bonds. The second kappa shape index (κ2) is 5.68. The first kappa shape index (κ1) is 15.5. The molecule has 0 radical (unpaired) electrons. The molecule has 0 aliphatic heterocycles. The molecule has 2 aromatic heterocycles. The average molecular weight is 354 g/mol. The van der Waals surface area contributed by atoms with E-state index >= 15 is 0 Å². The second-order valence-corrected chi connectivity index (χ2v) is 5.58. The fraction of sp³-hybridized carbons (Fsp3) is 0.0714. The monoisotopic (exact) mass is 353 g/mol. The molecule has 3 aromatic rings. The van der Waals surface area contributed by atoms with Gasteiger partial charge in [0.15, 0.2) is 0 Å². The Balaban J connectivity index is 2.18. The minimum absolute atomic E-state index is 0.00456. The van der Waals surface area contributed by atoms with Crippen LogP contribution in [0.1, 0.15) is 10.4 Å². The third-order valence-corrected chi connectivity index (χ3v) is 3.64. The molecule has 0 unspecified atom stereocenters. The van der Waals surface area contributed by atoms with Crippen molar-refractivity contribution in [3.63, 3.8) is 0 Å². The molecular weight excluding hydrogens is 344 g/mol. The summed E-state index contributed by atoms with van der Waals surface area (Å²) in [4.78, 5) is 19.7. The third-order valence-electron chi connectivity index (χ3n) is 3.25. The van der Waals surface area contributed by atoms with Crippen LogP contribution < -0.4 is 11.1 Å². The number of benzene rings is 1. The molecule has 2 heterocycles. The standard InChI is InChI=1S/C14H10Cl2FN5O/c1-22-3-2-7-12(20-14(16)21-13(7)22)19-9-5-6(15)4-8(17)10(9)11(18)23/h2-5H,1H3,(H2,18,23)(H,19,20,21). The zero-order valence-electron chi connectivity index (χ0n) is 11.8. The van der Waals surface area contributed by atoms with Gasteiger partial charge < -0.3 is 15.6 Å². The quantitative estimate of drug-likeness (QED) is 0.707. The largest absolute Gasteiger partial charge is 0.365 e. The first-order valence-electron chi connectivity index (χ1n) is 6.41. The number of carbonyl (C=O) groups is 1. The molecule has 0 saturated heterocycles. The lowest BCUT2D eigenvalue weighted by Crippen LogP contribution is -2.16. The summed E-state index contributed by atoms with van der Waals surface area (Å²) in [6.45, 7) is 0. The summed E-state index contributed by atoms with van der Waals surface area (Å²) in [5.41, 5.74) is 5.61. The Labute approximate surface area is 140 Å². The van der Waals surface area contributed by atoms with Gasteiger partial charge in [0.1, 0.15) is 17.3 Å². The summed E-state index contributed by atoms with van der Waals surface area (Å²) in [6, 6.07) is 4.16. The summed E-state index contributed by atoms with van der Waals surface area (Å²) in [5.74, 6) is -1.44. The van der Waals surface area contributed by atoms with E-state index in [9.17, 15) is 9.18 Å². The van der Waals surface area contributed by atoms with Crippen LogP contribution in [0.4, 0.5) is 15.9 Å². The van der Waals surface area contributed by atoms with Crippen molar-refractivity contribution in [3.05, 3.63) is 46.1 Å². The second-order valence-electron chi connectivity index (χ2n) is 4.80. The molecule has 0 spiro atoms. The Kier molecular flexibility index (Phi) is 3.83. The number of nitrogens with one attached hydrogen (secondary N) is 1. The highest BCUT2D eigenvalue weighted by Crippen LogP contribution is 2.30. The van der Waals surface area contributed by atoms with Crippen LogP contribution in [0.2, 0.25) is 10.3 Å². The molecule has 3 rings (SSSR count). The van der Waals surface area contributed by atoms with Gasteiger partial charge in [0.2, 0.25) is 5.28 Å². The maximum atomic E-state index is 14.0. The van der Waals surface area contributed by atoms with Crippen LogP contribution in [0.5, 0.6) is 0 Å².